The molecule has 2 aromatic heterocycles. The van der Waals surface area contributed by atoms with E-state index in [2.05, 4.69) is 15.9 Å². The number of ether oxygens (including phenoxy) is 1. The van der Waals surface area contributed by atoms with Gasteiger partial charge in [-0.2, -0.15) is 0 Å². The highest BCUT2D eigenvalue weighted by atomic mass is 79.9. The molecule has 0 bridgehead atoms. The minimum Gasteiger partial charge on any atom is -0.496 e. The van der Waals surface area contributed by atoms with Crippen LogP contribution in [0.1, 0.15) is 34.0 Å². The fourth-order valence-electron chi connectivity index (χ4n) is 5.23. The number of rotatable bonds is 6. The second-order valence-electron chi connectivity index (χ2n) is 9.27. The van der Waals surface area contributed by atoms with Crippen LogP contribution >= 0.6 is 15.9 Å². The van der Waals surface area contributed by atoms with Crippen molar-refractivity contribution >= 4 is 15.9 Å². The van der Waals surface area contributed by atoms with Gasteiger partial charge in [0.05, 0.1) is 35.5 Å². The summed E-state index contributed by atoms with van der Waals surface area (Å²) in [6.45, 7) is 3.84. The van der Waals surface area contributed by atoms with Crippen LogP contribution < -0.4 is 15.9 Å². The van der Waals surface area contributed by atoms with E-state index in [0.717, 1.165) is 32.8 Å². The summed E-state index contributed by atoms with van der Waals surface area (Å²) in [6.07, 6.45) is 0. The molecule has 38 heavy (non-hydrogen) atoms. The fourth-order valence-corrected chi connectivity index (χ4v) is 5.61. The first-order chi connectivity index (χ1) is 18.3. The van der Waals surface area contributed by atoms with Crippen LogP contribution in [0.2, 0.25) is 0 Å². The van der Waals surface area contributed by atoms with Crippen LogP contribution in [0.4, 0.5) is 0 Å². The van der Waals surface area contributed by atoms with E-state index >= 15 is 0 Å². The summed E-state index contributed by atoms with van der Waals surface area (Å²) in [7, 11) is 5.33. The fraction of sp³-hybridized carbons (Fsp3) is 0.200. The maximum Gasteiger partial charge on any atom is 0.275 e. The van der Waals surface area contributed by atoms with Crippen molar-refractivity contribution in [2.75, 3.05) is 7.11 Å². The van der Waals surface area contributed by atoms with Crippen LogP contribution in [0.5, 0.6) is 5.75 Å². The minimum atomic E-state index is -0.672. The minimum absolute atomic E-state index is 0.183. The first kappa shape index (κ1) is 25.6. The summed E-state index contributed by atoms with van der Waals surface area (Å²) in [5.41, 5.74) is 4.45. The van der Waals surface area contributed by atoms with E-state index in [1.165, 1.54) is 0 Å². The van der Waals surface area contributed by atoms with Gasteiger partial charge in [0, 0.05) is 35.5 Å². The van der Waals surface area contributed by atoms with Crippen molar-refractivity contribution in [3.05, 3.63) is 132 Å². The predicted octanol–water partition coefficient (Wildman–Crippen LogP) is 5.23. The third-order valence-electron chi connectivity index (χ3n) is 7.28. The molecular weight excluding hydrogens is 544 g/mol. The number of nitrogens with zero attached hydrogens (tertiary/aromatic N) is 4. The Morgan fingerprint density at radius 3 is 1.58 bits per heavy atom. The van der Waals surface area contributed by atoms with E-state index in [1.807, 2.05) is 116 Å². The number of hydrogen-bond acceptors (Lipinski definition) is 3. The van der Waals surface area contributed by atoms with Gasteiger partial charge >= 0.3 is 0 Å². The average molecular weight is 573 g/mol. The molecule has 0 N–H and O–H groups in total. The summed E-state index contributed by atoms with van der Waals surface area (Å²) < 4.78 is 13.6. The molecule has 0 atom stereocenters. The van der Waals surface area contributed by atoms with Crippen LogP contribution in [-0.4, -0.2) is 25.8 Å². The van der Waals surface area contributed by atoms with Gasteiger partial charge in [0.1, 0.15) is 5.75 Å². The van der Waals surface area contributed by atoms with Crippen molar-refractivity contribution in [1.82, 2.24) is 18.7 Å². The maximum atomic E-state index is 14.2. The highest BCUT2D eigenvalue weighted by Gasteiger charge is 2.34. The van der Waals surface area contributed by atoms with Gasteiger partial charge in [-0.3, -0.25) is 19.0 Å². The van der Waals surface area contributed by atoms with Gasteiger partial charge < -0.3 is 4.74 Å². The molecular formula is C30H29BrN4O3. The van der Waals surface area contributed by atoms with E-state index in [4.69, 9.17) is 4.74 Å². The molecule has 0 aliphatic carbocycles. The van der Waals surface area contributed by atoms with Crippen molar-refractivity contribution in [3.8, 4) is 17.1 Å². The van der Waals surface area contributed by atoms with E-state index in [0.29, 0.717) is 16.9 Å². The lowest BCUT2D eigenvalue weighted by Gasteiger charge is -2.19. The lowest BCUT2D eigenvalue weighted by Crippen LogP contribution is -2.26. The van der Waals surface area contributed by atoms with Crippen LogP contribution in [-0.2, 0) is 14.1 Å². The maximum absolute atomic E-state index is 14.2. The van der Waals surface area contributed by atoms with Crippen LogP contribution in [0.15, 0.2) is 92.9 Å². The van der Waals surface area contributed by atoms with Crippen LogP contribution in [0, 0.1) is 13.8 Å². The Balaban J connectivity index is 1.89. The van der Waals surface area contributed by atoms with E-state index in [9.17, 15) is 9.59 Å². The molecule has 7 nitrogen and oxygen atoms in total. The summed E-state index contributed by atoms with van der Waals surface area (Å²) >= 11 is 3.59. The Hall–Kier alpha value is -4.04. The van der Waals surface area contributed by atoms with Gasteiger partial charge in [0.15, 0.2) is 0 Å². The molecule has 0 spiro atoms. The molecule has 5 aromatic rings. The van der Waals surface area contributed by atoms with E-state index in [1.54, 1.807) is 16.5 Å². The topological polar surface area (TPSA) is 63.1 Å². The SMILES string of the molecule is COc1ccc(Br)cc1C(c1c(C)n(C)n(-c2ccccc2)c1=O)c1c(C)n(C)n(-c2ccccc2)c1=O. The predicted molar refractivity (Wildman–Crippen MR) is 153 cm³/mol. The van der Waals surface area contributed by atoms with E-state index < -0.39 is 5.92 Å². The Morgan fingerprint density at radius 2 is 1.16 bits per heavy atom. The highest BCUT2D eigenvalue weighted by molar-refractivity contribution is 9.10. The zero-order chi connectivity index (χ0) is 27.1. The lowest BCUT2D eigenvalue weighted by atomic mass is 9.84. The van der Waals surface area contributed by atoms with Gasteiger partial charge in [-0.25, -0.2) is 9.36 Å². The molecule has 8 heteroatoms. The number of para-hydroxylation sites is 2. The number of halogens is 1. The van der Waals surface area contributed by atoms with Gasteiger partial charge in [-0.1, -0.05) is 52.3 Å². The van der Waals surface area contributed by atoms with Gasteiger partial charge in [0.2, 0.25) is 0 Å². The third-order valence-corrected chi connectivity index (χ3v) is 7.77. The van der Waals surface area contributed by atoms with Crippen molar-refractivity contribution in [3.63, 3.8) is 0 Å². The molecule has 194 valence electrons. The molecule has 0 radical (unpaired) electrons. The highest BCUT2D eigenvalue weighted by Crippen LogP contribution is 2.39. The Labute approximate surface area is 229 Å². The Kier molecular flexibility index (Phi) is 6.75. The number of aromatic nitrogens is 4. The molecule has 0 aliphatic heterocycles. The zero-order valence-corrected chi connectivity index (χ0v) is 23.6. The van der Waals surface area contributed by atoms with Gasteiger partial charge in [-0.15, -0.1) is 0 Å². The van der Waals surface area contributed by atoms with E-state index in [-0.39, 0.29) is 11.1 Å². The molecule has 2 heterocycles. The lowest BCUT2D eigenvalue weighted by molar-refractivity contribution is 0.409. The van der Waals surface area contributed by atoms with Gasteiger partial charge in [-0.05, 0) is 56.3 Å². The normalized spacial score (nSPS) is 11.3. The van der Waals surface area contributed by atoms with Gasteiger partial charge in [0.25, 0.3) is 11.1 Å². The molecule has 0 fully saturated rings. The summed E-state index contributed by atoms with van der Waals surface area (Å²) in [6, 6.07) is 24.7. The summed E-state index contributed by atoms with van der Waals surface area (Å²) in [5.74, 6) is -0.0733. The van der Waals surface area contributed by atoms with Crippen LogP contribution in [0.3, 0.4) is 0 Å². The summed E-state index contributed by atoms with van der Waals surface area (Å²) in [5, 5.41) is 0. The summed E-state index contributed by atoms with van der Waals surface area (Å²) in [4.78, 5) is 28.5. The molecule has 5 rings (SSSR count). The standard InChI is InChI=1S/C30H29BrN4O3/c1-19-26(29(36)34(32(19)3)22-12-8-6-9-13-22)28(24-18-21(31)16-17-25(24)38-5)27-20(2)33(4)35(30(27)37)23-14-10-7-11-15-23/h6-18,28H,1-5H3. The molecule has 0 amide bonds. The second-order valence-corrected chi connectivity index (χ2v) is 10.2. The molecule has 0 saturated carbocycles. The average Bonchev–Trinajstić information content (AvgIpc) is 3.28. The largest absolute Gasteiger partial charge is 0.496 e. The molecule has 3 aromatic carbocycles. The Bertz CT molecular complexity index is 1640. The molecule has 0 aliphatic rings. The molecule has 0 unspecified atom stereocenters. The second kappa shape index (κ2) is 10.0. The first-order valence-electron chi connectivity index (χ1n) is 12.3. The number of hydrogen-bond donors (Lipinski definition) is 0. The van der Waals surface area contributed by atoms with Crippen LogP contribution in [0.25, 0.3) is 11.4 Å². The van der Waals surface area contributed by atoms with Crippen molar-refractivity contribution in [2.24, 2.45) is 14.1 Å². The smallest absolute Gasteiger partial charge is 0.275 e. The monoisotopic (exact) mass is 572 g/mol. The van der Waals surface area contributed by atoms with Crippen molar-refractivity contribution < 1.29 is 4.74 Å². The first-order valence-corrected chi connectivity index (χ1v) is 13.1. The van der Waals surface area contributed by atoms with Crippen molar-refractivity contribution in [1.29, 1.82) is 0 Å². The number of methoxy groups -OCH3 is 1. The van der Waals surface area contributed by atoms with Crippen molar-refractivity contribution in [2.45, 2.75) is 19.8 Å². The zero-order valence-electron chi connectivity index (χ0n) is 22.0. The molecule has 0 saturated heterocycles. The quantitative estimate of drug-likeness (QED) is 0.280. The Morgan fingerprint density at radius 1 is 0.711 bits per heavy atom. The number of benzene rings is 3. The third kappa shape index (κ3) is 4.05.